The summed E-state index contributed by atoms with van der Waals surface area (Å²) in [5.41, 5.74) is 1.83. The van der Waals surface area contributed by atoms with Crippen molar-refractivity contribution >= 4 is 17.5 Å². The second kappa shape index (κ2) is 7.62. The molecular formula is C21H29N3O2. The molecule has 5 nitrogen and oxygen atoms in total. The number of nitrogens with zero attached hydrogens (tertiary/aromatic N) is 2. The van der Waals surface area contributed by atoms with Gasteiger partial charge in [0.05, 0.1) is 6.67 Å². The summed E-state index contributed by atoms with van der Waals surface area (Å²) in [6.07, 6.45) is 4.74. The average molecular weight is 355 g/mol. The fourth-order valence-electron chi connectivity index (χ4n) is 3.58. The van der Waals surface area contributed by atoms with E-state index in [9.17, 15) is 9.59 Å². The smallest absolute Gasteiger partial charge is 0.323 e. The number of hydrogen-bond acceptors (Lipinski definition) is 3. The van der Waals surface area contributed by atoms with E-state index in [1.54, 1.807) is 0 Å². The minimum atomic E-state index is -0.762. The third-order valence-corrected chi connectivity index (χ3v) is 5.35. The van der Waals surface area contributed by atoms with Crippen molar-refractivity contribution in [2.75, 3.05) is 19.8 Å². The van der Waals surface area contributed by atoms with Crippen LogP contribution in [0.3, 0.4) is 0 Å². The minimum Gasteiger partial charge on any atom is -0.323 e. The summed E-state index contributed by atoms with van der Waals surface area (Å²) in [7, 11) is 0. The Morgan fingerprint density at radius 1 is 1.19 bits per heavy atom. The summed E-state index contributed by atoms with van der Waals surface area (Å²) in [6, 6.07) is 10.1. The van der Waals surface area contributed by atoms with Gasteiger partial charge >= 0.3 is 6.03 Å². The number of amides is 3. The fraction of sp³-hybridized carbons (Fsp3) is 0.524. The molecule has 0 spiro atoms. The molecule has 1 saturated heterocycles. The Labute approximate surface area is 156 Å². The molecule has 26 heavy (non-hydrogen) atoms. The maximum Gasteiger partial charge on any atom is 0.326 e. The Balaban J connectivity index is 1.60. The molecule has 1 atom stereocenters. The number of carbonyl (C=O) groups excluding carboxylic acids is 2. The van der Waals surface area contributed by atoms with E-state index in [0.29, 0.717) is 19.0 Å². The molecule has 5 heteroatoms. The maximum absolute atomic E-state index is 12.8. The lowest BCUT2D eigenvalue weighted by molar-refractivity contribution is -0.132. The molecule has 2 heterocycles. The molecule has 3 rings (SSSR count). The zero-order valence-electron chi connectivity index (χ0n) is 16.0. The average Bonchev–Trinajstić information content (AvgIpc) is 2.85. The minimum absolute atomic E-state index is 0.0963. The molecule has 0 bridgehead atoms. The fourth-order valence-corrected chi connectivity index (χ4v) is 3.58. The Morgan fingerprint density at radius 2 is 1.92 bits per heavy atom. The van der Waals surface area contributed by atoms with Crippen LogP contribution in [0.15, 0.2) is 36.4 Å². The monoisotopic (exact) mass is 355 g/mol. The van der Waals surface area contributed by atoms with E-state index in [1.165, 1.54) is 16.0 Å². The number of hydrogen-bond donors (Lipinski definition) is 1. The van der Waals surface area contributed by atoms with Gasteiger partial charge in [0, 0.05) is 13.1 Å². The molecule has 2 aliphatic rings. The number of imide groups is 1. The Hall–Kier alpha value is -2.14. The van der Waals surface area contributed by atoms with Crippen LogP contribution in [0.2, 0.25) is 0 Å². The second-order valence-corrected chi connectivity index (χ2v) is 7.99. The van der Waals surface area contributed by atoms with Crippen molar-refractivity contribution in [3.63, 3.8) is 0 Å². The number of nitrogens with one attached hydrogen (secondary N) is 1. The van der Waals surface area contributed by atoms with Crippen molar-refractivity contribution < 1.29 is 9.59 Å². The van der Waals surface area contributed by atoms with E-state index in [0.717, 1.165) is 25.9 Å². The molecule has 2 aliphatic heterocycles. The third kappa shape index (κ3) is 3.98. The maximum atomic E-state index is 12.8. The van der Waals surface area contributed by atoms with Gasteiger partial charge in [-0.1, -0.05) is 50.3 Å². The van der Waals surface area contributed by atoms with Crippen LogP contribution in [-0.2, 0) is 4.79 Å². The molecule has 1 aromatic rings. The van der Waals surface area contributed by atoms with Crippen molar-refractivity contribution in [2.24, 2.45) is 5.92 Å². The predicted molar refractivity (Wildman–Crippen MR) is 103 cm³/mol. The predicted octanol–water partition coefficient (Wildman–Crippen LogP) is 3.48. The van der Waals surface area contributed by atoms with Crippen molar-refractivity contribution in [2.45, 2.75) is 45.6 Å². The number of urea groups is 1. The largest absolute Gasteiger partial charge is 0.326 e. The molecule has 0 aromatic heterocycles. The van der Waals surface area contributed by atoms with Gasteiger partial charge in [0.1, 0.15) is 5.54 Å². The lowest BCUT2D eigenvalue weighted by atomic mass is 9.92. The quantitative estimate of drug-likeness (QED) is 0.795. The molecular weight excluding hydrogens is 326 g/mol. The molecule has 1 N–H and O–H groups in total. The highest BCUT2D eigenvalue weighted by Gasteiger charge is 2.47. The van der Waals surface area contributed by atoms with Crippen LogP contribution >= 0.6 is 0 Å². The van der Waals surface area contributed by atoms with E-state index >= 15 is 0 Å². The van der Waals surface area contributed by atoms with Crippen LogP contribution in [0, 0.1) is 5.92 Å². The SMILES string of the molecule is CC(C)CC[C@]1(C)NC(=O)N(CN2CC=C(c3ccccc3)CC2)C1=O. The van der Waals surface area contributed by atoms with Gasteiger partial charge in [-0.3, -0.25) is 9.69 Å². The lowest BCUT2D eigenvalue weighted by Crippen LogP contribution is -2.46. The molecule has 1 aromatic carbocycles. The van der Waals surface area contributed by atoms with Crippen molar-refractivity contribution in [1.82, 2.24) is 15.1 Å². The molecule has 3 amide bonds. The summed E-state index contributed by atoms with van der Waals surface area (Å²) in [6.45, 7) is 8.07. The van der Waals surface area contributed by atoms with Crippen molar-refractivity contribution in [3.8, 4) is 0 Å². The molecule has 0 saturated carbocycles. The van der Waals surface area contributed by atoms with Crippen LogP contribution < -0.4 is 5.32 Å². The van der Waals surface area contributed by atoms with Gasteiger partial charge in [-0.05, 0) is 43.2 Å². The third-order valence-electron chi connectivity index (χ3n) is 5.35. The van der Waals surface area contributed by atoms with Crippen LogP contribution in [-0.4, -0.2) is 47.0 Å². The normalized spacial score (nSPS) is 24.2. The van der Waals surface area contributed by atoms with Crippen molar-refractivity contribution in [3.05, 3.63) is 42.0 Å². The van der Waals surface area contributed by atoms with Gasteiger partial charge in [-0.15, -0.1) is 0 Å². The first-order valence-corrected chi connectivity index (χ1v) is 9.50. The van der Waals surface area contributed by atoms with E-state index < -0.39 is 5.54 Å². The van der Waals surface area contributed by atoms with Gasteiger partial charge in [-0.2, -0.15) is 0 Å². The molecule has 0 aliphatic carbocycles. The summed E-state index contributed by atoms with van der Waals surface area (Å²) in [4.78, 5) is 28.7. The van der Waals surface area contributed by atoms with E-state index in [4.69, 9.17) is 0 Å². The molecule has 0 unspecified atom stereocenters. The summed E-state index contributed by atoms with van der Waals surface area (Å²) in [5.74, 6) is 0.412. The van der Waals surface area contributed by atoms with E-state index in [-0.39, 0.29) is 11.9 Å². The summed E-state index contributed by atoms with van der Waals surface area (Å²) < 4.78 is 0. The van der Waals surface area contributed by atoms with Crippen LogP contribution in [0.4, 0.5) is 4.79 Å². The number of benzene rings is 1. The second-order valence-electron chi connectivity index (χ2n) is 7.99. The van der Waals surface area contributed by atoms with Gasteiger partial charge in [0.25, 0.3) is 5.91 Å². The first kappa shape index (κ1) is 18.6. The summed E-state index contributed by atoms with van der Waals surface area (Å²) in [5, 5.41) is 2.91. The topological polar surface area (TPSA) is 52.7 Å². The standard InChI is InChI=1S/C21H29N3O2/c1-16(2)9-12-21(3)19(25)24(20(26)22-21)15-23-13-10-18(11-14-23)17-7-5-4-6-8-17/h4-8,10,16H,9,11-15H2,1-3H3,(H,22,26)/t21-/m0/s1. The first-order valence-electron chi connectivity index (χ1n) is 9.50. The molecule has 0 radical (unpaired) electrons. The van der Waals surface area contributed by atoms with E-state index in [2.05, 4.69) is 42.3 Å². The van der Waals surface area contributed by atoms with Crippen molar-refractivity contribution in [1.29, 1.82) is 0 Å². The Bertz CT molecular complexity index is 698. The Kier molecular flexibility index (Phi) is 5.47. The van der Waals surface area contributed by atoms with Gasteiger partial charge in [0.2, 0.25) is 0 Å². The van der Waals surface area contributed by atoms with E-state index in [1.807, 2.05) is 25.1 Å². The lowest BCUT2D eigenvalue weighted by Gasteiger charge is -2.30. The number of rotatable bonds is 6. The number of carbonyl (C=O) groups is 2. The molecule has 1 fully saturated rings. The van der Waals surface area contributed by atoms with Crippen LogP contribution in [0.5, 0.6) is 0 Å². The zero-order valence-corrected chi connectivity index (χ0v) is 16.0. The zero-order chi connectivity index (χ0) is 18.7. The van der Waals surface area contributed by atoms with Gasteiger partial charge < -0.3 is 5.32 Å². The van der Waals surface area contributed by atoms with Crippen LogP contribution in [0.1, 0.15) is 45.6 Å². The van der Waals surface area contributed by atoms with Gasteiger partial charge in [-0.25, -0.2) is 9.69 Å². The Morgan fingerprint density at radius 3 is 2.54 bits per heavy atom. The van der Waals surface area contributed by atoms with Crippen LogP contribution in [0.25, 0.3) is 5.57 Å². The summed E-state index contributed by atoms with van der Waals surface area (Å²) >= 11 is 0. The van der Waals surface area contributed by atoms with Gasteiger partial charge in [0.15, 0.2) is 0 Å². The molecule has 140 valence electrons. The highest BCUT2D eigenvalue weighted by molar-refractivity contribution is 6.06. The highest BCUT2D eigenvalue weighted by atomic mass is 16.2. The first-order chi connectivity index (χ1) is 12.4. The highest BCUT2D eigenvalue weighted by Crippen LogP contribution is 2.26.